The molecule has 1 aromatic carbocycles. The number of hydrogen-bond donors (Lipinski definition) is 1. The van der Waals surface area contributed by atoms with Crippen LogP contribution in [0.15, 0.2) is 18.2 Å². The minimum atomic E-state index is -0.00947. The third kappa shape index (κ3) is 3.90. The Morgan fingerprint density at radius 3 is 2.92 bits per heavy atom. The maximum atomic E-state index is 12.5. The first-order valence-electron chi connectivity index (χ1n) is 9.67. The van der Waals surface area contributed by atoms with Crippen molar-refractivity contribution in [3.8, 4) is 0 Å². The van der Waals surface area contributed by atoms with Crippen LogP contribution >= 0.6 is 11.3 Å². The molecule has 1 aliphatic carbocycles. The smallest absolute Gasteiger partial charge is 0.245 e. The van der Waals surface area contributed by atoms with E-state index in [-0.39, 0.29) is 5.91 Å². The molecule has 5 nitrogen and oxygen atoms in total. The number of nitrogens with one attached hydrogen (secondary N) is 1. The third-order valence-electron chi connectivity index (χ3n) is 5.43. The fourth-order valence-electron chi connectivity index (χ4n) is 4.10. The van der Waals surface area contributed by atoms with E-state index in [9.17, 15) is 4.79 Å². The molecular weight excluding hydrogens is 344 g/mol. The highest BCUT2D eigenvalue weighted by Crippen LogP contribution is 2.35. The molecule has 0 radical (unpaired) electrons. The number of hydrogen-bond acceptors (Lipinski definition) is 5. The van der Waals surface area contributed by atoms with Gasteiger partial charge in [0.05, 0.1) is 6.54 Å². The summed E-state index contributed by atoms with van der Waals surface area (Å²) < 4.78 is 0. The number of rotatable bonds is 4. The van der Waals surface area contributed by atoms with Gasteiger partial charge in [-0.05, 0) is 44.2 Å². The van der Waals surface area contributed by atoms with E-state index in [1.165, 1.54) is 48.9 Å². The molecule has 0 unspecified atom stereocenters. The zero-order chi connectivity index (χ0) is 17.9. The molecule has 26 heavy (non-hydrogen) atoms. The second-order valence-corrected chi connectivity index (χ2v) is 8.49. The van der Waals surface area contributed by atoms with Crippen LogP contribution in [0.4, 0.5) is 10.8 Å². The predicted molar refractivity (Wildman–Crippen MR) is 106 cm³/mol. The number of benzene rings is 1. The maximum Gasteiger partial charge on any atom is 0.245 e. The number of aromatic nitrogens is 2. The van der Waals surface area contributed by atoms with Gasteiger partial charge in [-0.1, -0.05) is 48.3 Å². The average Bonchev–Trinajstić information content (AvgIpc) is 3.11. The van der Waals surface area contributed by atoms with Gasteiger partial charge in [-0.15, -0.1) is 10.2 Å². The predicted octanol–water partition coefficient (Wildman–Crippen LogP) is 4.29. The van der Waals surface area contributed by atoms with Gasteiger partial charge in [0.25, 0.3) is 0 Å². The van der Waals surface area contributed by atoms with Gasteiger partial charge < -0.3 is 4.90 Å². The number of nitrogens with zero attached hydrogens (tertiary/aromatic N) is 3. The molecule has 0 spiro atoms. The minimum absolute atomic E-state index is 0.00947. The first-order valence-corrected chi connectivity index (χ1v) is 10.5. The molecule has 1 fully saturated rings. The van der Waals surface area contributed by atoms with Gasteiger partial charge in [-0.3, -0.25) is 10.1 Å². The van der Waals surface area contributed by atoms with Gasteiger partial charge >= 0.3 is 0 Å². The van der Waals surface area contributed by atoms with Crippen LogP contribution in [0.3, 0.4) is 0 Å². The lowest BCUT2D eigenvalue weighted by Crippen LogP contribution is -2.36. The molecule has 2 heterocycles. The van der Waals surface area contributed by atoms with Crippen molar-refractivity contribution in [3.05, 3.63) is 34.3 Å². The molecule has 1 N–H and O–H groups in total. The van der Waals surface area contributed by atoms with Gasteiger partial charge in [0.1, 0.15) is 5.01 Å². The van der Waals surface area contributed by atoms with Gasteiger partial charge in [0.2, 0.25) is 11.0 Å². The van der Waals surface area contributed by atoms with Crippen LogP contribution in [0.2, 0.25) is 0 Å². The highest BCUT2D eigenvalue weighted by molar-refractivity contribution is 7.15. The Labute approximate surface area is 158 Å². The Morgan fingerprint density at radius 2 is 2.08 bits per heavy atom. The Balaban J connectivity index is 1.38. The van der Waals surface area contributed by atoms with E-state index >= 15 is 0 Å². The first-order chi connectivity index (χ1) is 12.7. The highest BCUT2D eigenvalue weighted by Gasteiger charge is 2.22. The molecule has 1 aromatic heterocycles. The lowest BCUT2D eigenvalue weighted by molar-refractivity contribution is -0.115. The van der Waals surface area contributed by atoms with E-state index in [4.69, 9.17) is 0 Å². The summed E-state index contributed by atoms with van der Waals surface area (Å²) in [5.74, 6) is 0.522. The van der Waals surface area contributed by atoms with Gasteiger partial charge in [0, 0.05) is 18.2 Å². The summed E-state index contributed by atoms with van der Waals surface area (Å²) in [6, 6.07) is 6.50. The molecule has 0 atom stereocenters. The normalized spacial score (nSPS) is 17.8. The summed E-state index contributed by atoms with van der Waals surface area (Å²) in [6.45, 7) is 3.41. The van der Waals surface area contributed by atoms with E-state index < -0.39 is 0 Å². The van der Waals surface area contributed by atoms with Crippen LogP contribution in [-0.4, -0.2) is 29.2 Å². The second-order valence-electron chi connectivity index (χ2n) is 7.49. The number of carbonyl (C=O) groups is 1. The number of anilines is 2. The molecule has 2 aliphatic rings. The summed E-state index contributed by atoms with van der Waals surface area (Å²) >= 11 is 1.54. The van der Waals surface area contributed by atoms with Crippen molar-refractivity contribution in [2.75, 3.05) is 23.3 Å². The topological polar surface area (TPSA) is 58.1 Å². The molecule has 1 aliphatic heterocycles. The Kier molecular flexibility index (Phi) is 5.20. The SMILES string of the molecule is Cc1ccc2c(c1)CCCN2CC(=O)Nc1nnc(C2CCCCC2)s1. The Bertz CT molecular complexity index is 782. The summed E-state index contributed by atoms with van der Waals surface area (Å²) in [5.41, 5.74) is 3.82. The zero-order valence-electron chi connectivity index (χ0n) is 15.3. The average molecular weight is 371 g/mol. The van der Waals surface area contributed by atoms with E-state index in [1.807, 2.05) is 0 Å². The van der Waals surface area contributed by atoms with Crippen molar-refractivity contribution in [3.63, 3.8) is 0 Å². The number of amides is 1. The van der Waals surface area contributed by atoms with Crippen molar-refractivity contribution in [2.45, 2.75) is 57.8 Å². The molecule has 1 saturated carbocycles. The molecule has 0 saturated heterocycles. The molecule has 0 bridgehead atoms. The summed E-state index contributed by atoms with van der Waals surface area (Å²) in [6.07, 6.45) is 8.47. The molecule has 6 heteroatoms. The Morgan fingerprint density at radius 1 is 1.23 bits per heavy atom. The van der Waals surface area contributed by atoms with Crippen LogP contribution in [0.1, 0.15) is 60.6 Å². The van der Waals surface area contributed by atoms with Crippen LogP contribution < -0.4 is 10.2 Å². The van der Waals surface area contributed by atoms with E-state index in [2.05, 4.69) is 45.5 Å². The minimum Gasteiger partial charge on any atom is -0.362 e. The van der Waals surface area contributed by atoms with E-state index in [0.29, 0.717) is 17.6 Å². The molecule has 2 aromatic rings. The van der Waals surface area contributed by atoms with E-state index in [0.717, 1.165) is 24.4 Å². The molecular formula is C20H26N4OS. The first kappa shape index (κ1) is 17.5. The third-order valence-corrected chi connectivity index (χ3v) is 6.43. The second kappa shape index (κ2) is 7.74. The number of carbonyl (C=O) groups excluding carboxylic acids is 1. The van der Waals surface area contributed by atoms with Gasteiger partial charge in [0.15, 0.2) is 0 Å². The van der Waals surface area contributed by atoms with Crippen molar-refractivity contribution in [2.24, 2.45) is 0 Å². The van der Waals surface area contributed by atoms with Crippen molar-refractivity contribution < 1.29 is 4.79 Å². The van der Waals surface area contributed by atoms with Crippen molar-refractivity contribution in [1.82, 2.24) is 10.2 Å². The van der Waals surface area contributed by atoms with Crippen LogP contribution in [-0.2, 0) is 11.2 Å². The number of aryl methyl sites for hydroxylation is 2. The lowest BCUT2D eigenvalue weighted by Gasteiger charge is -2.30. The number of fused-ring (bicyclic) bond motifs is 1. The van der Waals surface area contributed by atoms with Gasteiger partial charge in [-0.25, -0.2) is 0 Å². The summed E-state index contributed by atoms with van der Waals surface area (Å²) in [5, 5.41) is 13.2. The summed E-state index contributed by atoms with van der Waals surface area (Å²) in [4.78, 5) is 14.7. The standard InChI is InChI=1S/C20H26N4OS/c1-14-9-10-17-16(12-14)8-5-11-24(17)13-18(25)21-20-23-22-19(26-20)15-6-3-2-4-7-15/h9-10,12,15H,2-8,11,13H2,1H3,(H,21,23,25). The fourth-order valence-corrected chi connectivity index (χ4v) is 5.03. The summed E-state index contributed by atoms with van der Waals surface area (Å²) in [7, 11) is 0. The lowest BCUT2D eigenvalue weighted by atomic mass is 9.90. The maximum absolute atomic E-state index is 12.5. The van der Waals surface area contributed by atoms with Crippen molar-refractivity contribution in [1.29, 1.82) is 0 Å². The Hall–Kier alpha value is -1.95. The monoisotopic (exact) mass is 370 g/mol. The van der Waals surface area contributed by atoms with Crippen molar-refractivity contribution >= 4 is 28.1 Å². The highest BCUT2D eigenvalue weighted by atomic mass is 32.1. The molecule has 1 amide bonds. The molecule has 138 valence electrons. The zero-order valence-corrected chi connectivity index (χ0v) is 16.1. The van der Waals surface area contributed by atoms with Gasteiger partial charge in [-0.2, -0.15) is 0 Å². The van der Waals surface area contributed by atoms with Crippen LogP contribution in [0.5, 0.6) is 0 Å². The quantitative estimate of drug-likeness (QED) is 0.872. The fraction of sp³-hybridized carbons (Fsp3) is 0.550. The van der Waals surface area contributed by atoms with Crippen LogP contribution in [0.25, 0.3) is 0 Å². The van der Waals surface area contributed by atoms with E-state index in [1.54, 1.807) is 11.3 Å². The largest absolute Gasteiger partial charge is 0.362 e. The van der Waals surface area contributed by atoms with Crippen LogP contribution in [0, 0.1) is 6.92 Å². The molecule has 4 rings (SSSR count).